The predicted molar refractivity (Wildman–Crippen MR) is 229 cm³/mol. The van der Waals surface area contributed by atoms with E-state index in [-0.39, 0.29) is 50.5 Å². The molecule has 0 aliphatic rings. The van der Waals surface area contributed by atoms with Gasteiger partial charge >= 0.3 is 30.2 Å². The molecule has 1 unspecified atom stereocenters. The molecule has 2 radical (unpaired) electrons. The van der Waals surface area contributed by atoms with E-state index < -0.39 is 0 Å². The van der Waals surface area contributed by atoms with Crippen molar-refractivity contribution in [2.75, 3.05) is 0 Å². The molecule has 4 heteroatoms. The van der Waals surface area contributed by atoms with Gasteiger partial charge in [0.15, 0.2) is 0 Å². The Bertz CT molecular complexity index is 1900. The summed E-state index contributed by atoms with van der Waals surface area (Å²) in [6.07, 6.45) is 1.19. The molecular formula is C46H58Cl2SiZr-4. The molecule has 0 amide bonds. The number of hydrogen-bond acceptors (Lipinski definition) is 0. The van der Waals surface area contributed by atoms with Gasteiger partial charge in [-0.1, -0.05) is 147 Å². The monoisotopic (exact) mass is 798 g/mol. The molecule has 0 saturated carbocycles. The first-order valence-corrected chi connectivity index (χ1v) is 20.8. The second-order valence-corrected chi connectivity index (χ2v) is 14.9. The summed E-state index contributed by atoms with van der Waals surface area (Å²) in [7, 11) is 0. The van der Waals surface area contributed by atoms with E-state index in [9.17, 15) is 0 Å². The number of rotatable bonds is 4. The Labute approximate surface area is 334 Å². The molecule has 0 N–H and O–H groups in total. The van der Waals surface area contributed by atoms with Gasteiger partial charge in [0.1, 0.15) is 0 Å². The number of fused-ring (bicyclic) bond motifs is 2. The van der Waals surface area contributed by atoms with Crippen molar-refractivity contribution < 1.29 is 23.3 Å². The molecule has 0 heterocycles. The fourth-order valence-corrected chi connectivity index (χ4v) is 6.17. The predicted octanol–water partition coefficient (Wildman–Crippen LogP) is 14.5. The van der Waals surface area contributed by atoms with E-state index in [4.69, 9.17) is 0 Å². The Morgan fingerprint density at radius 2 is 1.12 bits per heavy atom. The Kier molecular flexibility index (Phi) is 19.2. The van der Waals surface area contributed by atoms with Crippen LogP contribution in [0.1, 0.15) is 95.5 Å². The Morgan fingerprint density at radius 1 is 0.640 bits per heavy atom. The van der Waals surface area contributed by atoms with Crippen LogP contribution >= 0.6 is 24.8 Å². The van der Waals surface area contributed by atoms with E-state index in [1.54, 1.807) is 0 Å². The quantitative estimate of drug-likeness (QED) is 0.123. The average molecular weight is 801 g/mol. The molecule has 0 bridgehead atoms. The Balaban J connectivity index is 0.000000853. The molecule has 6 aromatic rings. The van der Waals surface area contributed by atoms with Crippen LogP contribution in [0.5, 0.6) is 0 Å². The molecule has 0 aliphatic carbocycles. The third kappa shape index (κ3) is 11.1. The van der Waals surface area contributed by atoms with Gasteiger partial charge in [-0.15, -0.1) is 93.4 Å². The second-order valence-electron chi connectivity index (χ2n) is 14.9. The summed E-state index contributed by atoms with van der Waals surface area (Å²) in [4.78, 5) is 0. The van der Waals surface area contributed by atoms with E-state index in [2.05, 4.69) is 179 Å². The van der Waals surface area contributed by atoms with E-state index in [1.807, 2.05) is 0 Å². The van der Waals surface area contributed by atoms with Crippen LogP contribution in [-0.4, -0.2) is 6.88 Å². The van der Waals surface area contributed by atoms with Crippen molar-refractivity contribution in [2.45, 2.75) is 92.4 Å². The first kappa shape index (κ1) is 47.8. The van der Waals surface area contributed by atoms with Crippen LogP contribution in [0.25, 0.3) is 43.8 Å². The summed E-state index contributed by atoms with van der Waals surface area (Å²) in [5, 5.41) is 5.49. The molecular weight excluding hydrogens is 743 g/mol. The molecule has 6 aromatic carbocycles. The first-order chi connectivity index (χ1) is 21.8. The Morgan fingerprint density at radius 3 is 1.58 bits per heavy atom. The molecule has 50 heavy (non-hydrogen) atoms. The molecule has 0 aliphatic heterocycles. The number of benzene rings is 4. The van der Waals surface area contributed by atoms with Gasteiger partial charge in [0.25, 0.3) is 0 Å². The third-order valence-electron chi connectivity index (χ3n) is 9.33. The van der Waals surface area contributed by atoms with Gasteiger partial charge in [-0.05, 0) is 39.0 Å². The van der Waals surface area contributed by atoms with E-state index in [1.165, 1.54) is 101 Å². The minimum absolute atomic E-state index is 0. The molecule has 0 fully saturated rings. The van der Waals surface area contributed by atoms with Crippen LogP contribution in [0.2, 0.25) is 0 Å². The molecule has 0 nitrogen and oxygen atoms in total. The van der Waals surface area contributed by atoms with Gasteiger partial charge < -0.3 is 14.9 Å². The van der Waals surface area contributed by atoms with Gasteiger partial charge in [0.05, 0.1) is 0 Å². The van der Waals surface area contributed by atoms with Crippen LogP contribution in [0.3, 0.4) is 0 Å². The van der Waals surface area contributed by atoms with Crippen molar-refractivity contribution in [3.05, 3.63) is 146 Å². The molecule has 1 atom stereocenters. The zero-order valence-electron chi connectivity index (χ0n) is 32.4. The van der Waals surface area contributed by atoms with Crippen molar-refractivity contribution in [2.24, 2.45) is 0 Å². The van der Waals surface area contributed by atoms with Gasteiger partial charge in [0, 0.05) is 0 Å². The average Bonchev–Trinajstić information content (AvgIpc) is 3.66. The standard InChI is InChI=1S/C23H27.C21H23.2CH3.2ClH.Si.Zr/c1-6-16(2)19-14-18-8-7-9-21(22(18)15-19)17-10-12-20(13-11-17)23(3,4)5;1-14-12-19-15(2)6-11-18(20(19)13-14)16-7-9-17(10-8-16)21(3,4)5;;;;;;/h7-16H,6H2,1-5H3;6-13H,1-5H3;2*1H3;2*1H;;/q4*-1;;;;. The van der Waals surface area contributed by atoms with Crippen LogP contribution < -0.4 is 0 Å². The van der Waals surface area contributed by atoms with Gasteiger partial charge in [-0.2, -0.15) is 12.1 Å². The normalized spacial score (nSPS) is 11.3. The second kappa shape index (κ2) is 20.1. The maximum atomic E-state index is 3.06. The molecule has 6 rings (SSSR count). The fraction of sp³-hybridized carbons (Fsp3) is 0.304. The third-order valence-corrected chi connectivity index (χ3v) is 9.33. The van der Waals surface area contributed by atoms with Crippen LogP contribution in [0.4, 0.5) is 0 Å². The fourth-order valence-electron chi connectivity index (χ4n) is 6.17. The summed E-state index contributed by atoms with van der Waals surface area (Å²) in [5.41, 5.74) is 12.6. The summed E-state index contributed by atoms with van der Waals surface area (Å²) in [5.74, 6) is 0.624. The van der Waals surface area contributed by atoms with Crippen molar-refractivity contribution >= 4 is 53.2 Å². The van der Waals surface area contributed by atoms with Crippen LogP contribution in [-0.2, 0) is 34.2 Å². The zero-order chi connectivity index (χ0) is 33.8. The van der Waals surface area contributed by atoms with E-state index in [0.29, 0.717) is 5.92 Å². The van der Waals surface area contributed by atoms with E-state index >= 15 is 0 Å². The van der Waals surface area contributed by atoms with Gasteiger partial charge in [-0.25, -0.2) is 0 Å². The van der Waals surface area contributed by atoms with Crippen molar-refractivity contribution in [3.8, 4) is 22.3 Å². The van der Waals surface area contributed by atoms with Gasteiger partial charge in [-0.3, -0.25) is 0 Å². The zero-order valence-corrected chi connectivity index (χ0v) is 37.5. The first-order valence-electron chi connectivity index (χ1n) is 16.6. The summed E-state index contributed by atoms with van der Waals surface area (Å²) >= 11 is 1.36. The van der Waals surface area contributed by atoms with Crippen molar-refractivity contribution in [1.29, 1.82) is 0 Å². The number of aryl methyl sites for hydroxylation is 2. The molecule has 0 aromatic heterocycles. The molecule has 268 valence electrons. The maximum absolute atomic E-state index is 3.06. The van der Waals surface area contributed by atoms with Crippen LogP contribution in [0, 0.1) is 28.7 Å². The molecule has 0 saturated heterocycles. The minimum atomic E-state index is 0. The topological polar surface area (TPSA) is 0 Å². The van der Waals surface area contributed by atoms with Crippen molar-refractivity contribution in [1.82, 2.24) is 0 Å². The summed E-state index contributed by atoms with van der Waals surface area (Å²) in [6.45, 7) is 25.5. The van der Waals surface area contributed by atoms with Crippen molar-refractivity contribution in [3.63, 3.8) is 0 Å². The number of halogens is 2. The van der Waals surface area contributed by atoms with Gasteiger partial charge in [0.2, 0.25) is 0 Å². The summed E-state index contributed by atoms with van der Waals surface area (Å²) < 4.78 is 0. The summed E-state index contributed by atoms with van der Waals surface area (Å²) in [6, 6.07) is 38.6. The number of hydrogen-bond donors (Lipinski definition) is 0. The molecule has 0 spiro atoms. The van der Waals surface area contributed by atoms with Crippen LogP contribution in [0.15, 0.2) is 103 Å². The SMILES string of the molecule is CCC(C)c1cc2c(-c3ccc(C(C)(C)C)cc3)cccc2[cH-]1.Cc1cc2c(-c3ccc(C(C)(C)C)cc3)ccc(C)c2[cH-]1.Cl.Cl.[CH3-].[CH3-].[Si]=[Zr]. The van der Waals surface area contributed by atoms with E-state index in [0.717, 1.165) is 0 Å². The Hall–Kier alpha value is -2.22.